The molecular formula is C20H21ClN2O2. The van der Waals surface area contributed by atoms with E-state index in [1.165, 1.54) is 0 Å². The highest BCUT2D eigenvalue weighted by molar-refractivity contribution is 6.31. The van der Waals surface area contributed by atoms with Crippen molar-refractivity contribution in [2.24, 2.45) is 0 Å². The van der Waals surface area contributed by atoms with E-state index in [9.17, 15) is 9.59 Å². The fourth-order valence-electron chi connectivity index (χ4n) is 3.17. The van der Waals surface area contributed by atoms with Crippen molar-refractivity contribution >= 4 is 23.4 Å². The summed E-state index contributed by atoms with van der Waals surface area (Å²) in [5, 5.41) is 3.46. The first-order valence-corrected chi connectivity index (χ1v) is 8.87. The third-order valence-corrected chi connectivity index (χ3v) is 4.87. The van der Waals surface area contributed by atoms with E-state index in [0.717, 1.165) is 11.1 Å². The van der Waals surface area contributed by atoms with E-state index >= 15 is 0 Å². The molecule has 0 bridgehead atoms. The molecule has 5 heteroatoms. The van der Waals surface area contributed by atoms with Crippen molar-refractivity contribution in [1.82, 2.24) is 10.2 Å². The minimum absolute atomic E-state index is 0.000938. The topological polar surface area (TPSA) is 49.4 Å². The minimum atomic E-state index is -0.102. The van der Waals surface area contributed by atoms with Crippen LogP contribution in [0.3, 0.4) is 0 Å². The molecule has 130 valence electrons. The zero-order chi connectivity index (χ0) is 17.6. The second-order valence-corrected chi connectivity index (χ2v) is 6.58. The molecule has 0 spiro atoms. The monoisotopic (exact) mass is 356 g/mol. The Bertz CT molecular complexity index is 748. The van der Waals surface area contributed by atoms with Crippen LogP contribution in [0.15, 0.2) is 54.6 Å². The Morgan fingerprint density at radius 2 is 1.80 bits per heavy atom. The Balaban J connectivity index is 1.84. The van der Waals surface area contributed by atoms with Crippen molar-refractivity contribution < 1.29 is 9.59 Å². The lowest BCUT2D eigenvalue weighted by atomic mass is 9.88. The maximum atomic E-state index is 12.9. The number of halogens is 1. The van der Waals surface area contributed by atoms with Gasteiger partial charge in [0, 0.05) is 43.4 Å². The molecule has 1 N–H and O–H groups in total. The summed E-state index contributed by atoms with van der Waals surface area (Å²) in [5.74, 6) is -0.0550. The van der Waals surface area contributed by atoms with Crippen LogP contribution in [0.4, 0.5) is 0 Å². The van der Waals surface area contributed by atoms with Gasteiger partial charge in [-0.3, -0.25) is 9.59 Å². The average molecular weight is 357 g/mol. The summed E-state index contributed by atoms with van der Waals surface area (Å²) in [7, 11) is 0. The van der Waals surface area contributed by atoms with Crippen LogP contribution < -0.4 is 5.32 Å². The van der Waals surface area contributed by atoms with Crippen LogP contribution in [0.2, 0.25) is 5.02 Å². The summed E-state index contributed by atoms with van der Waals surface area (Å²) in [4.78, 5) is 26.1. The molecule has 1 aliphatic rings. The maximum absolute atomic E-state index is 12.9. The number of carbonyl (C=O) groups excluding carboxylic acids is 2. The van der Waals surface area contributed by atoms with Gasteiger partial charge in [0.05, 0.1) is 0 Å². The number of nitrogens with one attached hydrogen (secondary N) is 1. The van der Waals surface area contributed by atoms with Crippen molar-refractivity contribution in [3.05, 3.63) is 70.7 Å². The SMILES string of the molecule is O=C1CCN(C(=O)C[C@@H](c2ccccc2)c2ccccc2Cl)CCN1. The molecule has 0 saturated carbocycles. The molecule has 0 radical (unpaired) electrons. The Labute approximate surface area is 152 Å². The van der Waals surface area contributed by atoms with E-state index in [0.29, 0.717) is 37.5 Å². The summed E-state index contributed by atoms with van der Waals surface area (Å²) < 4.78 is 0. The fourth-order valence-corrected chi connectivity index (χ4v) is 3.44. The molecule has 2 amide bonds. The van der Waals surface area contributed by atoms with Gasteiger partial charge in [0.1, 0.15) is 0 Å². The molecule has 0 aromatic heterocycles. The summed E-state index contributed by atoms with van der Waals surface area (Å²) in [5.41, 5.74) is 2.01. The van der Waals surface area contributed by atoms with Gasteiger partial charge in [-0.15, -0.1) is 0 Å². The van der Waals surface area contributed by atoms with Crippen LogP contribution in [0.25, 0.3) is 0 Å². The largest absolute Gasteiger partial charge is 0.354 e. The number of amides is 2. The van der Waals surface area contributed by atoms with Crippen molar-refractivity contribution in [2.45, 2.75) is 18.8 Å². The molecule has 1 saturated heterocycles. The second kappa shape index (κ2) is 8.17. The van der Waals surface area contributed by atoms with Crippen molar-refractivity contribution in [2.75, 3.05) is 19.6 Å². The Hall–Kier alpha value is -2.33. The van der Waals surface area contributed by atoms with Gasteiger partial charge in [0.2, 0.25) is 11.8 Å². The number of carbonyl (C=O) groups is 2. The lowest BCUT2D eigenvalue weighted by Crippen LogP contribution is -2.35. The zero-order valence-corrected chi connectivity index (χ0v) is 14.7. The molecule has 0 unspecified atom stereocenters. The third kappa shape index (κ3) is 4.40. The Morgan fingerprint density at radius 3 is 2.56 bits per heavy atom. The molecular weight excluding hydrogens is 336 g/mol. The summed E-state index contributed by atoms with van der Waals surface area (Å²) in [6, 6.07) is 17.6. The number of benzene rings is 2. The number of hydrogen-bond acceptors (Lipinski definition) is 2. The molecule has 1 fully saturated rings. The van der Waals surface area contributed by atoms with E-state index in [2.05, 4.69) is 5.32 Å². The summed E-state index contributed by atoms with van der Waals surface area (Å²) in [6.45, 7) is 1.52. The van der Waals surface area contributed by atoms with Gasteiger partial charge in [-0.25, -0.2) is 0 Å². The fraction of sp³-hybridized carbons (Fsp3) is 0.300. The number of hydrogen-bond donors (Lipinski definition) is 1. The van der Waals surface area contributed by atoms with E-state index in [1.54, 1.807) is 4.90 Å². The Morgan fingerprint density at radius 1 is 1.08 bits per heavy atom. The van der Waals surface area contributed by atoms with Gasteiger partial charge in [-0.1, -0.05) is 60.1 Å². The van der Waals surface area contributed by atoms with Gasteiger partial charge < -0.3 is 10.2 Å². The smallest absolute Gasteiger partial charge is 0.223 e. The highest BCUT2D eigenvalue weighted by Crippen LogP contribution is 2.33. The van der Waals surface area contributed by atoms with Crippen molar-refractivity contribution in [1.29, 1.82) is 0 Å². The number of rotatable bonds is 4. The zero-order valence-electron chi connectivity index (χ0n) is 14.0. The second-order valence-electron chi connectivity index (χ2n) is 6.17. The quantitative estimate of drug-likeness (QED) is 0.914. The predicted octanol–water partition coefficient (Wildman–Crippen LogP) is 3.21. The van der Waals surface area contributed by atoms with Crippen LogP contribution in [-0.2, 0) is 9.59 Å². The van der Waals surface area contributed by atoms with Gasteiger partial charge >= 0.3 is 0 Å². The average Bonchev–Trinajstić information content (AvgIpc) is 2.86. The van der Waals surface area contributed by atoms with E-state index in [4.69, 9.17) is 11.6 Å². The first kappa shape index (κ1) is 17.5. The lowest BCUT2D eigenvalue weighted by Gasteiger charge is -2.24. The minimum Gasteiger partial charge on any atom is -0.354 e. The summed E-state index contributed by atoms with van der Waals surface area (Å²) in [6.07, 6.45) is 0.690. The maximum Gasteiger partial charge on any atom is 0.223 e. The standard InChI is InChI=1S/C20H21ClN2O2/c21-18-9-5-4-8-16(18)17(15-6-2-1-3-7-15)14-20(25)23-12-10-19(24)22-11-13-23/h1-9,17H,10-14H2,(H,22,24)/t17-/m0/s1. The van der Waals surface area contributed by atoms with Gasteiger partial charge in [-0.05, 0) is 17.2 Å². The molecule has 2 aromatic carbocycles. The predicted molar refractivity (Wildman–Crippen MR) is 98.6 cm³/mol. The molecule has 0 aliphatic carbocycles. The number of nitrogens with zero attached hydrogens (tertiary/aromatic N) is 1. The van der Waals surface area contributed by atoms with Crippen LogP contribution in [0, 0.1) is 0 Å². The molecule has 25 heavy (non-hydrogen) atoms. The first-order chi connectivity index (χ1) is 12.1. The molecule has 2 aromatic rings. The van der Waals surface area contributed by atoms with Crippen LogP contribution in [-0.4, -0.2) is 36.3 Å². The van der Waals surface area contributed by atoms with Crippen LogP contribution in [0.1, 0.15) is 29.9 Å². The molecule has 1 aliphatic heterocycles. The van der Waals surface area contributed by atoms with Gasteiger partial charge in [0.15, 0.2) is 0 Å². The van der Waals surface area contributed by atoms with Gasteiger partial charge in [0.25, 0.3) is 0 Å². The van der Waals surface area contributed by atoms with E-state index < -0.39 is 0 Å². The van der Waals surface area contributed by atoms with Crippen LogP contribution in [0.5, 0.6) is 0 Å². The van der Waals surface area contributed by atoms with Crippen molar-refractivity contribution in [3.8, 4) is 0 Å². The van der Waals surface area contributed by atoms with E-state index in [-0.39, 0.29) is 17.7 Å². The molecule has 4 nitrogen and oxygen atoms in total. The molecule has 1 atom stereocenters. The Kier molecular flexibility index (Phi) is 5.71. The lowest BCUT2D eigenvalue weighted by molar-refractivity contribution is -0.131. The highest BCUT2D eigenvalue weighted by Gasteiger charge is 2.25. The van der Waals surface area contributed by atoms with E-state index in [1.807, 2.05) is 54.6 Å². The summed E-state index contributed by atoms with van der Waals surface area (Å²) >= 11 is 6.40. The molecule has 1 heterocycles. The van der Waals surface area contributed by atoms with Gasteiger partial charge in [-0.2, -0.15) is 0 Å². The third-order valence-electron chi connectivity index (χ3n) is 4.53. The first-order valence-electron chi connectivity index (χ1n) is 8.49. The molecule has 3 rings (SSSR count). The normalized spacial score (nSPS) is 16.0. The van der Waals surface area contributed by atoms with Crippen LogP contribution >= 0.6 is 11.6 Å². The van der Waals surface area contributed by atoms with Crippen molar-refractivity contribution in [3.63, 3.8) is 0 Å². The highest BCUT2D eigenvalue weighted by atomic mass is 35.5.